The summed E-state index contributed by atoms with van der Waals surface area (Å²) in [6, 6.07) is 13.7. The Morgan fingerprint density at radius 2 is 1.60 bits per heavy atom. The van der Waals surface area contributed by atoms with Crippen molar-refractivity contribution in [2.75, 3.05) is 7.05 Å². The molecule has 0 aromatic heterocycles. The predicted molar refractivity (Wildman–Crippen MR) is 90.3 cm³/mol. The third kappa shape index (κ3) is 3.71. The molecule has 20 heavy (non-hydrogen) atoms. The maximum Gasteiger partial charge on any atom is 0.0369 e. The van der Waals surface area contributed by atoms with E-state index in [9.17, 15) is 0 Å². The lowest BCUT2D eigenvalue weighted by molar-refractivity contribution is 0.589. The summed E-state index contributed by atoms with van der Waals surface area (Å²) in [5, 5.41) is 3.44. The quantitative estimate of drug-likeness (QED) is 0.842. The SMILES string of the molecule is CNC(Cc1cc(C)cc(C)c1)c1ccc(C)cc1Br. The summed E-state index contributed by atoms with van der Waals surface area (Å²) < 4.78 is 1.18. The molecule has 0 amide bonds. The van der Waals surface area contributed by atoms with Crippen LogP contribution in [0.3, 0.4) is 0 Å². The summed E-state index contributed by atoms with van der Waals surface area (Å²) in [7, 11) is 2.03. The minimum Gasteiger partial charge on any atom is -0.313 e. The first-order valence-corrected chi connectivity index (χ1v) is 7.79. The van der Waals surface area contributed by atoms with Gasteiger partial charge in [-0.1, -0.05) is 57.4 Å². The molecule has 1 N–H and O–H groups in total. The van der Waals surface area contributed by atoms with Crippen LogP contribution in [0.5, 0.6) is 0 Å². The second-order valence-electron chi connectivity index (χ2n) is 5.57. The summed E-state index contributed by atoms with van der Waals surface area (Å²) >= 11 is 3.69. The first-order chi connectivity index (χ1) is 9.49. The van der Waals surface area contributed by atoms with Gasteiger partial charge in [0, 0.05) is 10.5 Å². The summed E-state index contributed by atoms with van der Waals surface area (Å²) in [6.07, 6.45) is 1.00. The van der Waals surface area contributed by atoms with Crippen molar-refractivity contribution in [3.05, 3.63) is 68.7 Å². The summed E-state index contributed by atoms with van der Waals surface area (Å²) in [6.45, 7) is 6.44. The molecule has 1 atom stereocenters. The zero-order valence-corrected chi connectivity index (χ0v) is 14.2. The number of halogens is 1. The van der Waals surface area contributed by atoms with Gasteiger partial charge in [0.25, 0.3) is 0 Å². The lowest BCUT2D eigenvalue weighted by Gasteiger charge is -2.19. The molecule has 0 fully saturated rings. The van der Waals surface area contributed by atoms with Crippen LogP contribution in [0, 0.1) is 20.8 Å². The van der Waals surface area contributed by atoms with Gasteiger partial charge < -0.3 is 5.32 Å². The highest BCUT2D eigenvalue weighted by Gasteiger charge is 2.13. The molecular formula is C18H22BrN. The van der Waals surface area contributed by atoms with Gasteiger partial charge in [0.1, 0.15) is 0 Å². The van der Waals surface area contributed by atoms with E-state index in [-0.39, 0.29) is 0 Å². The highest BCUT2D eigenvalue weighted by Crippen LogP contribution is 2.27. The van der Waals surface area contributed by atoms with Crippen LogP contribution in [0.2, 0.25) is 0 Å². The molecule has 2 aromatic carbocycles. The second-order valence-corrected chi connectivity index (χ2v) is 6.42. The van der Waals surface area contributed by atoms with Crippen LogP contribution in [-0.2, 0) is 6.42 Å². The standard InChI is InChI=1S/C18H22BrN/c1-12-5-6-16(17(19)10-12)18(20-4)11-15-8-13(2)7-14(3)9-15/h5-10,18,20H,11H2,1-4H3. The van der Waals surface area contributed by atoms with E-state index >= 15 is 0 Å². The molecule has 2 aromatic rings. The monoisotopic (exact) mass is 331 g/mol. The average molecular weight is 332 g/mol. The Morgan fingerprint density at radius 1 is 0.950 bits per heavy atom. The largest absolute Gasteiger partial charge is 0.313 e. The Morgan fingerprint density at radius 3 is 2.15 bits per heavy atom. The second kappa shape index (κ2) is 6.55. The fourth-order valence-corrected chi connectivity index (χ4v) is 3.47. The van der Waals surface area contributed by atoms with E-state index in [1.165, 1.54) is 32.3 Å². The molecule has 0 aliphatic heterocycles. The van der Waals surface area contributed by atoms with Crippen LogP contribution >= 0.6 is 15.9 Å². The normalized spacial score (nSPS) is 12.4. The van der Waals surface area contributed by atoms with Crippen molar-refractivity contribution < 1.29 is 0 Å². The van der Waals surface area contributed by atoms with Crippen LogP contribution in [0.1, 0.15) is 33.9 Å². The first kappa shape index (κ1) is 15.3. The summed E-state index contributed by atoms with van der Waals surface area (Å²) in [5.41, 5.74) is 6.64. The lowest BCUT2D eigenvalue weighted by atomic mass is 9.96. The van der Waals surface area contributed by atoms with Crippen molar-refractivity contribution in [3.8, 4) is 0 Å². The van der Waals surface area contributed by atoms with Gasteiger partial charge >= 0.3 is 0 Å². The van der Waals surface area contributed by atoms with E-state index < -0.39 is 0 Å². The van der Waals surface area contributed by atoms with Crippen molar-refractivity contribution in [2.45, 2.75) is 33.2 Å². The molecule has 0 bridgehead atoms. The van der Waals surface area contributed by atoms with Crippen LogP contribution in [0.4, 0.5) is 0 Å². The lowest BCUT2D eigenvalue weighted by Crippen LogP contribution is -2.19. The number of hydrogen-bond donors (Lipinski definition) is 1. The van der Waals surface area contributed by atoms with Gasteiger partial charge in [0.2, 0.25) is 0 Å². The van der Waals surface area contributed by atoms with Crippen molar-refractivity contribution in [3.63, 3.8) is 0 Å². The molecule has 0 spiro atoms. The number of nitrogens with one attached hydrogen (secondary N) is 1. The molecule has 0 aliphatic rings. The number of hydrogen-bond acceptors (Lipinski definition) is 1. The Kier molecular flexibility index (Phi) is 5.00. The molecule has 0 saturated heterocycles. The van der Waals surface area contributed by atoms with E-state index in [1.807, 2.05) is 7.05 Å². The van der Waals surface area contributed by atoms with Crippen molar-refractivity contribution >= 4 is 15.9 Å². The van der Waals surface area contributed by atoms with Gasteiger partial charge in [-0.15, -0.1) is 0 Å². The Bertz CT molecular complexity index is 584. The Balaban J connectivity index is 2.28. The van der Waals surface area contributed by atoms with Crippen molar-refractivity contribution in [1.29, 1.82) is 0 Å². The Labute approximate surface area is 130 Å². The molecule has 1 unspecified atom stereocenters. The molecule has 2 rings (SSSR count). The fraction of sp³-hybridized carbons (Fsp3) is 0.333. The van der Waals surface area contributed by atoms with E-state index in [0.29, 0.717) is 6.04 Å². The summed E-state index contributed by atoms with van der Waals surface area (Å²) in [4.78, 5) is 0. The van der Waals surface area contributed by atoms with Crippen LogP contribution in [0.25, 0.3) is 0 Å². The zero-order valence-electron chi connectivity index (χ0n) is 12.6. The Hall–Kier alpha value is -1.12. The van der Waals surface area contributed by atoms with Crippen LogP contribution < -0.4 is 5.32 Å². The number of rotatable bonds is 4. The smallest absolute Gasteiger partial charge is 0.0369 e. The molecule has 106 valence electrons. The number of likely N-dealkylation sites (N-methyl/N-ethyl adjacent to an activating group) is 1. The third-order valence-corrected chi connectivity index (χ3v) is 4.29. The molecule has 2 heteroatoms. The maximum absolute atomic E-state index is 3.69. The van der Waals surface area contributed by atoms with E-state index in [2.05, 4.69) is 78.4 Å². The maximum atomic E-state index is 3.69. The molecular weight excluding hydrogens is 310 g/mol. The van der Waals surface area contributed by atoms with Gasteiger partial charge in [0.05, 0.1) is 0 Å². The van der Waals surface area contributed by atoms with Gasteiger partial charge in [-0.2, -0.15) is 0 Å². The minimum atomic E-state index is 0.325. The molecule has 0 aliphatic carbocycles. The highest BCUT2D eigenvalue weighted by atomic mass is 79.9. The fourth-order valence-electron chi connectivity index (χ4n) is 2.70. The first-order valence-electron chi connectivity index (χ1n) is 7.00. The van der Waals surface area contributed by atoms with E-state index in [4.69, 9.17) is 0 Å². The number of benzene rings is 2. The molecule has 0 heterocycles. The average Bonchev–Trinajstić information content (AvgIpc) is 2.35. The molecule has 0 saturated carbocycles. The van der Waals surface area contributed by atoms with Crippen LogP contribution in [0.15, 0.2) is 40.9 Å². The van der Waals surface area contributed by atoms with E-state index in [1.54, 1.807) is 0 Å². The zero-order chi connectivity index (χ0) is 14.7. The van der Waals surface area contributed by atoms with Crippen molar-refractivity contribution in [2.24, 2.45) is 0 Å². The summed E-state index contributed by atoms with van der Waals surface area (Å²) in [5.74, 6) is 0. The topological polar surface area (TPSA) is 12.0 Å². The third-order valence-electron chi connectivity index (χ3n) is 3.60. The highest BCUT2D eigenvalue weighted by molar-refractivity contribution is 9.10. The van der Waals surface area contributed by atoms with Crippen molar-refractivity contribution in [1.82, 2.24) is 5.32 Å². The van der Waals surface area contributed by atoms with Gasteiger partial charge in [-0.3, -0.25) is 0 Å². The van der Waals surface area contributed by atoms with Gasteiger partial charge in [-0.25, -0.2) is 0 Å². The molecule has 1 nitrogen and oxygen atoms in total. The predicted octanol–water partition coefficient (Wildman–Crippen LogP) is 4.88. The molecule has 0 radical (unpaired) electrons. The number of aryl methyl sites for hydroxylation is 3. The van der Waals surface area contributed by atoms with Gasteiger partial charge in [0.15, 0.2) is 0 Å². The van der Waals surface area contributed by atoms with E-state index in [0.717, 1.165) is 6.42 Å². The van der Waals surface area contributed by atoms with Crippen LogP contribution in [-0.4, -0.2) is 7.05 Å². The minimum absolute atomic E-state index is 0.325. The van der Waals surface area contributed by atoms with Gasteiger partial charge in [-0.05, 0) is 57.0 Å².